The van der Waals surface area contributed by atoms with E-state index < -0.39 is 11.4 Å². The number of halogens is 3. The molecular formula is H2AlBaCl3. The van der Waals surface area contributed by atoms with Crippen molar-refractivity contribution >= 4 is 90.4 Å². The van der Waals surface area contributed by atoms with Crippen molar-refractivity contribution in [1.82, 2.24) is 0 Å². The van der Waals surface area contributed by atoms with Gasteiger partial charge >= 0.3 is 60.3 Å². The normalized spacial score (nSPS) is 5.40. The molecule has 0 atom stereocenters. The van der Waals surface area contributed by atoms with E-state index in [1.807, 2.05) is 0 Å². The predicted molar refractivity (Wildman–Crippen MR) is 31.3 cm³/mol. The van der Waals surface area contributed by atoms with Crippen molar-refractivity contribution in [3.05, 3.63) is 0 Å². The van der Waals surface area contributed by atoms with Crippen LogP contribution in [0.3, 0.4) is 0 Å². The molecule has 28 valence electrons. The zero-order chi connectivity index (χ0) is 3.58. The van der Waals surface area contributed by atoms with Crippen LogP contribution in [0.15, 0.2) is 0 Å². The Bertz CT molecular complexity index is 17.7. The van der Waals surface area contributed by atoms with E-state index in [4.69, 9.17) is 30.1 Å². The van der Waals surface area contributed by atoms with Crippen LogP contribution in [0.25, 0.3) is 0 Å². The minimum atomic E-state index is -1.72. The smallest absolute Gasteiger partial charge is 1.00 e. The van der Waals surface area contributed by atoms with Crippen molar-refractivity contribution in [1.29, 1.82) is 0 Å². The van der Waals surface area contributed by atoms with Crippen LogP contribution in [0, 0.1) is 0 Å². The van der Waals surface area contributed by atoms with Crippen LogP contribution < -0.4 is 0 Å². The van der Waals surface area contributed by atoms with Crippen molar-refractivity contribution in [2.45, 2.75) is 0 Å². The van der Waals surface area contributed by atoms with Gasteiger partial charge in [0.25, 0.3) is 0 Å². The molecule has 0 aromatic carbocycles. The molecule has 0 bridgehead atoms. The molecule has 0 aromatic heterocycles. The van der Waals surface area contributed by atoms with Gasteiger partial charge in [-0.1, -0.05) is 0 Å². The fourth-order valence-electron chi connectivity index (χ4n) is 0. The second-order valence-corrected chi connectivity index (χ2v) is 6.68. The maximum atomic E-state index is 4.94. The maximum absolute atomic E-state index is 4.94. The fraction of sp³-hybridized carbons (Fsp3) is 0. The quantitative estimate of drug-likeness (QED) is 0.587. The van der Waals surface area contributed by atoms with Crippen molar-refractivity contribution in [3.63, 3.8) is 0 Å². The van der Waals surface area contributed by atoms with Gasteiger partial charge in [0, 0.05) is 0 Å². The maximum Gasteiger partial charge on any atom is 2.00 e. The van der Waals surface area contributed by atoms with E-state index in [9.17, 15) is 0 Å². The molecule has 0 heterocycles. The van der Waals surface area contributed by atoms with E-state index in [-0.39, 0.29) is 51.7 Å². The standard InChI is InChI=1S/Al.Ba.3ClH.2H/h;;3*1H;;/q+3;+2;;;;2*-1/p-3. The molecule has 0 rings (SSSR count). The second-order valence-electron chi connectivity index (χ2n) is 0.247. The summed E-state index contributed by atoms with van der Waals surface area (Å²) < 4.78 is 0. The van der Waals surface area contributed by atoms with Crippen LogP contribution in [-0.2, 0) is 0 Å². The van der Waals surface area contributed by atoms with Gasteiger partial charge in [0.2, 0.25) is 0 Å². The van der Waals surface area contributed by atoms with Crippen LogP contribution in [0.2, 0.25) is 0 Å². The summed E-state index contributed by atoms with van der Waals surface area (Å²) in [5.41, 5.74) is 0. The summed E-state index contributed by atoms with van der Waals surface area (Å²) in [6.45, 7) is 0. The van der Waals surface area contributed by atoms with Gasteiger partial charge in [0.15, 0.2) is 0 Å². The van der Waals surface area contributed by atoms with Crippen molar-refractivity contribution in [2.24, 2.45) is 0 Å². The average molecular weight is 273 g/mol. The molecule has 0 aliphatic rings. The van der Waals surface area contributed by atoms with E-state index in [2.05, 4.69) is 0 Å². The fourth-order valence-corrected chi connectivity index (χ4v) is 0. The Labute approximate surface area is 91.2 Å². The Hall–Kier alpha value is 2.97. The van der Waals surface area contributed by atoms with Gasteiger partial charge in [0.05, 0.1) is 0 Å². The Morgan fingerprint density at radius 3 is 1.20 bits per heavy atom. The third kappa shape index (κ3) is 19.5. The van der Waals surface area contributed by atoms with E-state index >= 15 is 0 Å². The van der Waals surface area contributed by atoms with E-state index in [1.54, 1.807) is 0 Å². The van der Waals surface area contributed by atoms with Gasteiger partial charge in [-0.05, 0) is 0 Å². The minimum absolute atomic E-state index is 0. The first-order valence-corrected chi connectivity index (χ1v) is 5.89. The Morgan fingerprint density at radius 1 is 1.20 bits per heavy atom. The molecule has 5 heteroatoms. The zero-order valence-corrected chi connectivity index (χ0v) is 10.3. The Balaban J connectivity index is -0.0000000150. The Kier molecular flexibility index (Phi) is 15.2. The molecule has 0 N–H and O–H groups in total. The summed E-state index contributed by atoms with van der Waals surface area (Å²) in [5, 5.41) is 0. The largest absolute Gasteiger partial charge is 2.00 e. The predicted octanol–water partition coefficient (Wildman–Crippen LogP) is 1.53. The van der Waals surface area contributed by atoms with Gasteiger partial charge < -0.3 is 2.85 Å². The van der Waals surface area contributed by atoms with Gasteiger partial charge in [-0.2, -0.15) is 0 Å². The van der Waals surface area contributed by atoms with Gasteiger partial charge in [0.1, 0.15) is 0 Å². The number of rotatable bonds is 0. The molecule has 0 aromatic rings. The minimum Gasteiger partial charge on any atom is -1.00 e. The first-order chi connectivity index (χ1) is 1.73. The summed E-state index contributed by atoms with van der Waals surface area (Å²) in [6.07, 6.45) is 0. The summed E-state index contributed by atoms with van der Waals surface area (Å²) >= 11 is -1.72. The summed E-state index contributed by atoms with van der Waals surface area (Å²) in [5.74, 6) is 0. The molecule has 0 spiro atoms. The third-order valence-corrected chi connectivity index (χ3v) is 0. The second kappa shape index (κ2) is 6.97. The first kappa shape index (κ1) is 10.9. The van der Waals surface area contributed by atoms with Crippen LogP contribution >= 0.6 is 30.1 Å². The van der Waals surface area contributed by atoms with Crippen molar-refractivity contribution < 1.29 is 2.85 Å². The van der Waals surface area contributed by atoms with E-state index in [0.29, 0.717) is 0 Å². The zero-order valence-electron chi connectivity index (χ0n) is 4.42. The topological polar surface area (TPSA) is 0 Å². The van der Waals surface area contributed by atoms with E-state index in [0.717, 1.165) is 0 Å². The van der Waals surface area contributed by atoms with Gasteiger partial charge in [-0.25, -0.2) is 30.1 Å². The van der Waals surface area contributed by atoms with Crippen LogP contribution in [-0.4, -0.2) is 60.3 Å². The molecule has 0 aliphatic carbocycles. The molecule has 0 saturated carbocycles. The SMILES string of the molecule is [Ba+2].[Cl][Al]([Cl])[Cl].[H-].[H-]. The molecular weight excluding hydrogens is 271 g/mol. The van der Waals surface area contributed by atoms with Crippen molar-refractivity contribution in [3.8, 4) is 0 Å². The first-order valence-electron chi connectivity index (χ1n) is 0.655. The van der Waals surface area contributed by atoms with Crippen LogP contribution in [0.1, 0.15) is 2.85 Å². The van der Waals surface area contributed by atoms with Gasteiger partial charge in [-0.3, -0.25) is 0 Å². The van der Waals surface area contributed by atoms with Crippen LogP contribution in [0.4, 0.5) is 0 Å². The summed E-state index contributed by atoms with van der Waals surface area (Å²) in [4.78, 5) is 0. The average Bonchev–Trinajstić information content (AvgIpc) is 0.811. The molecule has 0 aliphatic heterocycles. The monoisotopic (exact) mass is 272 g/mol. The molecule has 0 unspecified atom stereocenters. The van der Waals surface area contributed by atoms with Crippen molar-refractivity contribution in [2.75, 3.05) is 0 Å². The molecule has 0 radical (unpaired) electrons. The van der Waals surface area contributed by atoms with Gasteiger partial charge in [-0.15, -0.1) is 0 Å². The molecule has 5 heavy (non-hydrogen) atoms. The number of hydrogen-bond acceptors (Lipinski definition) is 0. The third-order valence-electron chi connectivity index (χ3n) is 0. The molecule has 0 saturated heterocycles. The summed E-state index contributed by atoms with van der Waals surface area (Å²) in [7, 11) is 14.8. The summed E-state index contributed by atoms with van der Waals surface area (Å²) in [6, 6.07) is 0. The number of hydrogen-bond donors (Lipinski definition) is 0. The molecule has 0 amide bonds. The van der Waals surface area contributed by atoms with E-state index in [1.165, 1.54) is 0 Å². The molecule has 0 fully saturated rings. The Morgan fingerprint density at radius 2 is 1.20 bits per heavy atom. The van der Waals surface area contributed by atoms with Crippen LogP contribution in [0.5, 0.6) is 0 Å². The molecule has 0 nitrogen and oxygen atoms in total.